The van der Waals surface area contributed by atoms with E-state index in [1.54, 1.807) is 24.5 Å². The molecule has 29 heavy (non-hydrogen) atoms. The first-order valence-corrected chi connectivity index (χ1v) is 10.6. The highest BCUT2D eigenvalue weighted by atomic mass is 31.2. The van der Waals surface area contributed by atoms with Gasteiger partial charge in [0.2, 0.25) is 0 Å². The zero-order valence-corrected chi connectivity index (χ0v) is 17.2. The Morgan fingerprint density at radius 2 is 2.03 bits per heavy atom. The smallest absolute Gasteiger partial charge is 0.266 e. The third kappa shape index (κ3) is 3.18. The number of fused-ring (bicyclic) bond motifs is 1. The Labute approximate surface area is 168 Å². The van der Waals surface area contributed by atoms with Crippen LogP contribution in [-0.4, -0.2) is 27.6 Å². The van der Waals surface area contributed by atoms with E-state index in [0.29, 0.717) is 21.5 Å². The summed E-state index contributed by atoms with van der Waals surface area (Å²) in [5.41, 5.74) is 8.91. The minimum Gasteiger partial charge on any atom is -0.364 e. The number of rotatable bonds is 5. The SMILES string of the molecule is COP(=O)(c1cccc(-c2cn(C)cn2)c1)c1c(C(N)=O)[nH]c2ccc(C)cc12. The lowest BCUT2D eigenvalue weighted by Crippen LogP contribution is -2.25. The summed E-state index contributed by atoms with van der Waals surface area (Å²) in [6.07, 6.45) is 3.58. The van der Waals surface area contributed by atoms with Gasteiger partial charge in [0.1, 0.15) is 5.69 Å². The number of hydrogen-bond donors (Lipinski definition) is 2. The lowest BCUT2D eigenvalue weighted by molar-refractivity contribution is 0.0997. The molecule has 4 rings (SSSR count). The van der Waals surface area contributed by atoms with Crippen LogP contribution in [0.3, 0.4) is 0 Å². The second-order valence-electron chi connectivity index (χ2n) is 6.97. The van der Waals surface area contributed by atoms with Gasteiger partial charge >= 0.3 is 0 Å². The Bertz CT molecular complexity index is 1290. The predicted molar refractivity (Wildman–Crippen MR) is 114 cm³/mol. The molecule has 0 aliphatic heterocycles. The molecule has 3 N–H and O–H groups in total. The molecule has 1 unspecified atom stereocenters. The highest BCUT2D eigenvalue weighted by molar-refractivity contribution is 7.75. The number of imidazole rings is 1. The number of nitrogens with zero attached hydrogens (tertiary/aromatic N) is 2. The summed E-state index contributed by atoms with van der Waals surface area (Å²) < 4.78 is 21.7. The van der Waals surface area contributed by atoms with E-state index in [4.69, 9.17) is 10.3 Å². The minimum atomic E-state index is -3.62. The van der Waals surface area contributed by atoms with Crippen molar-refractivity contribution in [3.05, 3.63) is 66.2 Å². The second kappa shape index (κ2) is 7.03. The van der Waals surface area contributed by atoms with Crippen LogP contribution >= 0.6 is 7.37 Å². The zero-order valence-electron chi connectivity index (χ0n) is 16.3. The summed E-state index contributed by atoms with van der Waals surface area (Å²) in [7, 11) is -0.356. The minimum absolute atomic E-state index is 0.0963. The molecule has 1 amide bonds. The summed E-state index contributed by atoms with van der Waals surface area (Å²) in [5.74, 6) is -0.688. The van der Waals surface area contributed by atoms with Crippen LogP contribution in [0.4, 0.5) is 0 Å². The van der Waals surface area contributed by atoms with E-state index in [1.807, 2.05) is 49.0 Å². The molecule has 0 aliphatic carbocycles. The molecule has 2 aromatic carbocycles. The average Bonchev–Trinajstić information content (AvgIpc) is 3.31. The van der Waals surface area contributed by atoms with Gasteiger partial charge in [-0.2, -0.15) is 0 Å². The van der Waals surface area contributed by atoms with Gasteiger partial charge in [-0.25, -0.2) is 4.98 Å². The number of carbonyl (C=O) groups excluding carboxylic acids is 1. The third-order valence-electron chi connectivity index (χ3n) is 4.91. The van der Waals surface area contributed by atoms with Gasteiger partial charge in [-0.3, -0.25) is 9.36 Å². The van der Waals surface area contributed by atoms with Gasteiger partial charge in [0, 0.05) is 42.1 Å². The summed E-state index contributed by atoms with van der Waals surface area (Å²) in [6, 6.07) is 12.8. The number of nitrogens with two attached hydrogens (primary N) is 1. The number of aromatic nitrogens is 3. The number of amides is 1. The summed E-state index contributed by atoms with van der Waals surface area (Å²) in [5, 5.41) is 1.42. The standard InChI is InChI=1S/C21H21N4O3P/c1-13-7-8-17-16(9-13)20(19(24-17)21(22)26)29(27,28-3)15-6-4-5-14(10-15)18-11-25(2)12-23-18/h4-12,24H,1-3H3,(H2,22,26). The van der Waals surface area contributed by atoms with Crippen molar-refractivity contribution in [2.24, 2.45) is 12.8 Å². The van der Waals surface area contributed by atoms with Crippen molar-refractivity contribution >= 4 is 34.8 Å². The van der Waals surface area contributed by atoms with Gasteiger partial charge in [0.25, 0.3) is 13.3 Å². The van der Waals surface area contributed by atoms with Gasteiger partial charge in [-0.05, 0) is 31.2 Å². The Kier molecular flexibility index (Phi) is 4.65. The number of benzene rings is 2. The Morgan fingerprint density at radius 3 is 2.69 bits per heavy atom. The van der Waals surface area contributed by atoms with Crippen molar-refractivity contribution in [2.45, 2.75) is 6.92 Å². The number of nitrogens with one attached hydrogen (secondary N) is 1. The highest BCUT2D eigenvalue weighted by Gasteiger charge is 2.35. The quantitative estimate of drug-likeness (QED) is 0.496. The molecular formula is C21H21N4O3P. The van der Waals surface area contributed by atoms with Crippen LogP contribution in [0.15, 0.2) is 55.0 Å². The van der Waals surface area contributed by atoms with Gasteiger partial charge in [0.15, 0.2) is 0 Å². The number of hydrogen-bond acceptors (Lipinski definition) is 4. The van der Waals surface area contributed by atoms with Crippen LogP contribution in [-0.2, 0) is 16.1 Å². The molecule has 8 heteroatoms. The molecule has 148 valence electrons. The Balaban J connectivity index is 1.98. The van der Waals surface area contributed by atoms with E-state index in [0.717, 1.165) is 16.8 Å². The van der Waals surface area contributed by atoms with E-state index in [-0.39, 0.29) is 5.69 Å². The average molecular weight is 408 g/mol. The largest absolute Gasteiger partial charge is 0.364 e. The van der Waals surface area contributed by atoms with E-state index in [1.165, 1.54) is 7.11 Å². The molecule has 0 saturated carbocycles. The topological polar surface area (TPSA) is 103 Å². The van der Waals surface area contributed by atoms with Gasteiger partial charge < -0.3 is 19.8 Å². The fourth-order valence-electron chi connectivity index (χ4n) is 3.51. The van der Waals surface area contributed by atoms with Crippen LogP contribution in [0.1, 0.15) is 16.1 Å². The van der Waals surface area contributed by atoms with E-state index < -0.39 is 13.3 Å². The molecule has 1 atom stereocenters. The van der Waals surface area contributed by atoms with Crippen molar-refractivity contribution in [1.29, 1.82) is 0 Å². The molecule has 2 aromatic heterocycles. The molecule has 0 spiro atoms. The lowest BCUT2D eigenvalue weighted by Gasteiger charge is -2.18. The number of H-pyrrole nitrogens is 1. The van der Waals surface area contributed by atoms with Gasteiger partial charge in [-0.15, -0.1) is 0 Å². The van der Waals surface area contributed by atoms with Crippen molar-refractivity contribution in [2.75, 3.05) is 7.11 Å². The van der Waals surface area contributed by atoms with Gasteiger partial charge in [-0.1, -0.05) is 23.8 Å². The summed E-state index contributed by atoms with van der Waals surface area (Å²) >= 11 is 0. The van der Waals surface area contributed by atoms with Crippen LogP contribution in [0.25, 0.3) is 22.2 Å². The monoisotopic (exact) mass is 408 g/mol. The first kappa shape index (κ1) is 19.2. The van der Waals surface area contributed by atoms with Gasteiger partial charge in [0.05, 0.1) is 17.3 Å². The van der Waals surface area contributed by atoms with Crippen molar-refractivity contribution in [3.63, 3.8) is 0 Å². The van der Waals surface area contributed by atoms with Crippen molar-refractivity contribution < 1.29 is 13.9 Å². The van der Waals surface area contributed by atoms with Crippen LogP contribution in [0.2, 0.25) is 0 Å². The molecule has 7 nitrogen and oxygen atoms in total. The molecule has 0 radical (unpaired) electrons. The zero-order chi connectivity index (χ0) is 20.8. The first-order chi connectivity index (χ1) is 13.8. The number of aromatic amines is 1. The molecule has 0 bridgehead atoms. The van der Waals surface area contributed by atoms with Crippen LogP contribution in [0.5, 0.6) is 0 Å². The number of primary amides is 1. The normalized spacial score (nSPS) is 13.5. The molecule has 2 heterocycles. The molecule has 0 saturated heterocycles. The van der Waals surface area contributed by atoms with Crippen LogP contribution in [0, 0.1) is 6.92 Å². The maximum absolute atomic E-state index is 14.2. The van der Waals surface area contributed by atoms with E-state index in [9.17, 15) is 9.36 Å². The van der Waals surface area contributed by atoms with Crippen LogP contribution < -0.4 is 16.3 Å². The number of carbonyl (C=O) groups is 1. The highest BCUT2D eigenvalue weighted by Crippen LogP contribution is 2.47. The summed E-state index contributed by atoms with van der Waals surface area (Å²) in [6.45, 7) is 1.93. The fraction of sp³-hybridized carbons (Fsp3) is 0.143. The first-order valence-electron chi connectivity index (χ1n) is 9.01. The van der Waals surface area contributed by atoms with E-state index >= 15 is 0 Å². The third-order valence-corrected chi connectivity index (χ3v) is 7.44. The fourth-order valence-corrected chi connectivity index (χ4v) is 5.72. The number of aryl methyl sites for hydroxylation is 2. The molecule has 4 aromatic rings. The Hall–Kier alpha value is -3.15. The maximum Gasteiger partial charge on any atom is 0.266 e. The van der Waals surface area contributed by atoms with E-state index in [2.05, 4.69) is 9.97 Å². The predicted octanol–water partition coefficient (Wildman–Crippen LogP) is 2.85. The van der Waals surface area contributed by atoms with Crippen molar-refractivity contribution in [3.8, 4) is 11.3 Å². The Morgan fingerprint density at radius 1 is 1.24 bits per heavy atom. The molecular weight excluding hydrogens is 387 g/mol. The summed E-state index contributed by atoms with van der Waals surface area (Å²) in [4.78, 5) is 19.5. The maximum atomic E-state index is 14.2. The van der Waals surface area contributed by atoms with Crippen molar-refractivity contribution in [1.82, 2.24) is 14.5 Å². The lowest BCUT2D eigenvalue weighted by atomic mass is 10.2. The molecule has 0 fully saturated rings. The second-order valence-corrected chi connectivity index (χ2v) is 9.40. The molecule has 0 aliphatic rings.